The van der Waals surface area contributed by atoms with Crippen molar-refractivity contribution < 1.29 is 29.3 Å². The molecule has 174 valence electrons. The average molecular weight is 447 g/mol. The van der Waals surface area contributed by atoms with E-state index in [1.54, 1.807) is 16.8 Å². The van der Waals surface area contributed by atoms with Crippen LogP contribution in [0.5, 0.6) is 0 Å². The van der Waals surface area contributed by atoms with Crippen molar-refractivity contribution in [2.45, 2.75) is 58.4 Å². The Kier molecular flexibility index (Phi) is 7.15. The third kappa shape index (κ3) is 5.43. The van der Waals surface area contributed by atoms with Crippen molar-refractivity contribution >= 4 is 28.7 Å². The van der Waals surface area contributed by atoms with Gasteiger partial charge in [0.2, 0.25) is 5.91 Å². The minimum absolute atomic E-state index is 0.130. The van der Waals surface area contributed by atoms with Crippen molar-refractivity contribution in [1.82, 2.24) is 20.4 Å². The number of carbonyl (C=O) groups excluding carboxylic acids is 3. The number of esters is 1. The first-order chi connectivity index (χ1) is 15.1. The topological polar surface area (TPSA) is 143 Å². The Balaban J connectivity index is 1.83. The summed E-state index contributed by atoms with van der Waals surface area (Å²) >= 11 is 0. The number of benzene rings is 1. The van der Waals surface area contributed by atoms with Crippen molar-refractivity contribution in [3.8, 4) is 0 Å². The van der Waals surface area contributed by atoms with Gasteiger partial charge in [0.25, 0.3) is 5.91 Å². The van der Waals surface area contributed by atoms with E-state index in [0.29, 0.717) is 24.8 Å². The highest BCUT2D eigenvalue weighted by Crippen LogP contribution is 2.24. The summed E-state index contributed by atoms with van der Waals surface area (Å²) in [5.41, 5.74) is 0.270. The Morgan fingerprint density at radius 2 is 2.03 bits per heavy atom. The molecule has 4 N–H and O–H groups in total. The number of fused-ring (bicyclic) bond motifs is 1. The van der Waals surface area contributed by atoms with Gasteiger partial charge in [0.1, 0.15) is 12.1 Å². The van der Waals surface area contributed by atoms with Crippen LogP contribution in [0.2, 0.25) is 0 Å². The van der Waals surface area contributed by atoms with Crippen LogP contribution in [-0.4, -0.2) is 69.2 Å². The summed E-state index contributed by atoms with van der Waals surface area (Å²) in [5, 5.41) is 28.9. The Morgan fingerprint density at radius 1 is 1.31 bits per heavy atom. The molecule has 0 aliphatic carbocycles. The highest BCUT2D eigenvalue weighted by Gasteiger charge is 2.34. The van der Waals surface area contributed by atoms with Crippen LogP contribution in [0.3, 0.4) is 0 Å². The molecule has 1 aromatic heterocycles. The van der Waals surface area contributed by atoms with Crippen molar-refractivity contribution in [3.05, 3.63) is 30.0 Å². The van der Waals surface area contributed by atoms with E-state index in [2.05, 4.69) is 15.7 Å². The molecule has 10 heteroatoms. The largest absolute Gasteiger partial charge is 0.460 e. The van der Waals surface area contributed by atoms with Gasteiger partial charge in [-0.15, -0.1) is 0 Å². The molecule has 0 spiro atoms. The number of amides is 2. The summed E-state index contributed by atoms with van der Waals surface area (Å²) in [5.74, 6) is -1.23. The lowest BCUT2D eigenvalue weighted by Crippen LogP contribution is -2.54. The van der Waals surface area contributed by atoms with Gasteiger partial charge in [-0.2, -0.15) is 5.10 Å². The number of ether oxygens (including phenoxy) is 1. The molecule has 1 aliphatic rings. The van der Waals surface area contributed by atoms with Crippen LogP contribution in [0, 0.1) is 5.41 Å². The van der Waals surface area contributed by atoms with Crippen LogP contribution in [0.15, 0.2) is 24.3 Å². The number of rotatable bonds is 8. The SMILES string of the molecule is CC(C)(C)[C@H](NC(=O)c1nn(C[C@H]2CCC(=O)O2)c2ccccc12)C(=O)NC[C@H](O)CO. The molecule has 10 nitrogen and oxygen atoms in total. The normalized spacial score (nSPS) is 18.3. The van der Waals surface area contributed by atoms with Gasteiger partial charge in [-0.1, -0.05) is 39.0 Å². The van der Waals surface area contributed by atoms with Crippen molar-refractivity contribution in [2.75, 3.05) is 13.2 Å². The van der Waals surface area contributed by atoms with Gasteiger partial charge in [-0.05, 0) is 17.9 Å². The van der Waals surface area contributed by atoms with E-state index >= 15 is 0 Å². The van der Waals surface area contributed by atoms with E-state index in [4.69, 9.17) is 9.84 Å². The number of hydrogen-bond acceptors (Lipinski definition) is 7. The predicted octanol–water partition coefficient (Wildman–Crippen LogP) is 0.356. The van der Waals surface area contributed by atoms with E-state index in [1.807, 2.05) is 32.9 Å². The average Bonchev–Trinajstić information content (AvgIpc) is 3.32. The number of cyclic esters (lactones) is 1. The maximum atomic E-state index is 13.2. The molecule has 1 aliphatic heterocycles. The third-order valence-corrected chi connectivity index (χ3v) is 5.34. The number of hydrogen-bond donors (Lipinski definition) is 4. The second-order valence-corrected chi connectivity index (χ2v) is 9.05. The standard InChI is InChI=1S/C22H30N4O6/c1-22(2,3)19(21(31)23-10-13(28)12-27)24-20(30)18-15-6-4-5-7-16(15)26(25-18)11-14-8-9-17(29)32-14/h4-7,13-14,19,27-28H,8-12H2,1-3H3,(H,23,31)(H,24,30)/t13-,14+,19+/m0/s1. The number of nitrogens with one attached hydrogen (secondary N) is 2. The van der Waals surface area contributed by atoms with Crippen LogP contribution in [0.1, 0.15) is 44.1 Å². The maximum absolute atomic E-state index is 13.2. The van der Waals surface area contributed by atoms with Gasteiger partial charge in [-0.25, -0.2) is 0 Å². The van der Waals surface area contributed by atoms with Gasteiger partial charge >= 0.3 is 5.97 Å². The number of nitrogens with zero attached hydrogens (tertiary/aromatic N) is 2. The molecule has 1 aromatic carbocycles. The van der Waals surface area contributed by atoms with E-state index < -0.39 is 36.0 Å². The second-order valence-electron chi connectivity index (χ2n) is 9.05. The van der Waals surface area contributed by atoms with Crippen LogP contribution in [0.4, 0.5) is 0 Å². The number of aliphatic hydroxyl groups is 2. The van der Waals surface area contributed by atoms with Crippen LogP contribution >= 0.6 is 0 Å². The van der Waals surface area contributed by atoms with Crippen molar-refractivity contribution in [2.24, 2.45) is 5.41 Å². The van der Waals surface area contributed by atoms with E-state index in [0.717, 1.165) is 5.52 Å². The molecular weight excluding hydrogens is 416 g/mol. The molecule has 3 rings (SSSR count). The maximum Gasteiger partial charge on any atom is 0.306 e. The van der Waals surface area contributed by atoms with Crippen molar-refractivity contribution in [3.63, 3.8) is 0 Å². The highest BCUT2D eigenvalue weighted by atomic mass is 16.5. The molecule has 2 heterocycles. The zero-order chi connectivity index (χ0) is 23.5. The smallest absolute Gasteiger partial charge is 0.306 e. The molecule has 0 saturated carbocycles. The molecule has 0 unspecified atom stereocenters. The minimum Gasteiger partial charge on any atom is -0.460 e. The number of aromatic nitrogens is 2. The zero-order valence-corrected chi connectivity index (χ0v) is 18.5. The molecular formula is C22H30N4O6. The van der Waals surface area contributed by atoms with E-state index in [1.165, 1.54) is 0 Å². The minimum atomic E-state index is -1.08. The van der Waals surface area contributed by atoms with Gasteiger partial charge < -0.3 is 25.6 Å². The molecule has 2 amide bonds. The lowest BCUT2D eigenvalue weighted by molar-refractivity contribution is -0.141. The predicted molar refractivity (Wildman–Crippen MR) is 116 cm³/mol. The Labute approximate surface area is 185 Å². The summed E-state index contributed by atoms with van der Waals surface area (Å²) in [6, 6.07) is 6.34. The fraction of sp³-hybridized carbons (Fsp3) is 0.545. The molecule has 1 saturated heterocycles. The van der Waals surface area contributed by atoms with Gasteiger partial charge in [-0.3, -0.25) is 19.1 Å². The van der Waals surface area contributed by atoms with Gasteiger partial charge in [0, 0.05) is 18.4 Å². The molecule has 0 bridgehead atoms. The number of aliphatic hydroxyl groups excluding tert-OH is 2. The summed E-state index contributed by atoms with van der Waals surface area (Å²) in [6.07, 6.45) is -0.419. The monoisotopic (exact) mass is 446 g/mol. The zero-order valence-electron chi connectivity index (χ0n) is 18.5. The Bertz CT molecular complexity index is 996. The lowest BCUT2D eigenvalue weighted by Gasteiger charge is -2.30. The van der Waals surface area contributed by atoms with Gasteiger partial charge in [0.15, 0.2) is 5.69 Å². The Hall–Kier alpha value is -2.98. The molecule has 32 heavy (non-hydrogen) atoms. The van der Waals surface area contributed by atoms with Gasteiger partial charge in [0.05, 0.1) is 24.8 Å². The first-order valence-corrected chi connectivity index (χ1v) is 10.6. The Morgan fingerprint density at radius 3 is 2.66 bits per heavy atom. The van der Waals surface area contributed by atoms with E-state index in [-0.39, 0.29) is 24.3 Å². The van der Waals surface area contributed by atoms with Crippen LogP contribution in [-0.2, 0) is 20.9 Å². The molecule has 0 radical (unpaired) electrons. The quantitative estimate of drug-likeness (QED) is 0.429. The summed E-state index contributed by atoms with van der Waals surface area (Å²) in [6.45, 7) is 5.16. The second kappa shape index (κ2) is 9.66. The highest BCUT2D eigenvalue weighted by molar-refractivity contribution is 6.06. The first-order valence-electron chi connectivity index (χ1n) is 10.6. The molecule has 2 aromatic rings. The number of para-hydroxylation sites is 1. The lowest BCUT2D eigenvalue weighted by atomic mass is 9.86. The fourth-order valence-electron chi connectivity index (χ4n) is 3.60. The molecule has 1 fully saturated rings. The third-order valence-electron chi connectivity index (χ3n) is 5.34. The first kappa shape index (κ1) is 23.7. The fourth-order valence-corrected chi connectivity index (χ4v) is 3.60. The summed E-state index contributed by atoms with van der Waals surface area (Å²) < 4.78 is 6.94. The summed E-state index contributed by atoms with van der Waals surface area (Å²) in [7, 11) is 0. The summed E-state index contributed by atoms with van der Waals surface area (Å²) in [4.78, 5) is 37.3. The van der Waals surface area contributed by atoms with Crippen molar-refractivity contribution in [1.29, 1.82) is 0 Å². The van der Waals surface area contributed by atoms with Crippen LogP contribution < -0.4 is 10.6 Å². The molecule has 3 atom stereocenters. The number of carbonyl (C=O) groups is 3. The van der Waals surface area contributed by atoms with E-state index in [9.17, 15) is 19.5 Å². The van der Waals surface area contributed by atoms with Crippen LogP contribution in [0.25, 0.3) is 10.9 Å².